The molecule has 0 fully saturated rings. The van der Waals surface area contributed by atoms with Gasteiger partial charge in [-0.2, -0.15) is 5.26 Å². The first-order valence-electron chi connectivity index (χ1n) is 4.83. The second-order valence-corrected chi connectivity index (χ2v) is 3.77. The van der Waals surface area contributed by atoms with Gasteiger partial charge >= 0.3 is 0 Å². The second-order valence-electron chi connectivity index (χ2n) is 3.77. The van der Waals surface area contributed by atoms with E-state index in [2.05, 4.69) is 6.07 Å². The molecule has 0 saturated carbocycles. The maximum Gasteiger partial charge on any atom is 0.102 e. The molecule has 2 nitrogen and oxygen atoms in total. The third kappa shape index (κ3) is 1.33. The molecule has 0 unspecified atom stereocenters. The fourth-order valence-corrected chi connectivity index (χ4v) is 1.97. The van der Waals surface area contributed by atoms with Crippen LogP contribution in [0, 0.1) is 25.2 Å². The van der Waals surface area contributed by atoms with Crippen molar-refractivity contribution in [3.05, 3.63) is 41.0 Å². The highest BCUT2D eigenvalue weighted by atomic mass is 14.6. The van der Waals surface area contributed by atoms with Crippen LogP contribution < -0.4 is 5.73 Å². The van der Waals surface area contributed by atoms with Gasteiger partial charge in [-0.05, 0) is 36.4 Å². The molecule has 0 aromatic heterocycles. The minimum atomic E-state index is 0.594. The Morgan fingerprint density at radius 3 is 2.60 bits per heavy atom. The molecule has 0 amide bonds. The Balaban J connectivity index is 3.01. The van der Waals surface area contributed by atoms with Crippen molar-refractivity contribution >= 4 is 16.5 Å². The summed E-state index contributed by atoms with van der Waals surface area (Å²) in [5, 5.41) is 11.1. The van der Waals surface area contributed by atoms with Gasteiger partial charge in [-0.25, -0.2) is 0 Å². The Morgan fingerprint density at radius 2 is 1.93 bits per heavy atom. The van der Waals surface area contributed by atoms with Gasteiger partial charge in [0.25, 0.3) is 0 Å². The number of rotatable bonds is 0. The molecular formula is C13H12N2. The molecule has 0 saturated heterocycles. The standard InChI is InChI=1S/C13H12N2/c1-8-4-3-5-10-6-9(2)11(7-14)13(15)12(8)10/h3-6H,15H2,1-2H3. The summed E-state index contributed by atoms with van der Waals surface area (Å²) in [6.45, 7) is 3.92. The predicted molar refractivity (Wildman–Crippen MR) is 62.5 cm³/mol. The smallest absolute Gasteiger partial charge is 0.102 e. The number of nitrogens with zero attached hydrogens (tertiary/aromatic N) is 1. The molecule has 0 heterocycles. The van der Waals surface area contributed by atoms with E-state index in [1.165, 1.54) is 0 Å². The van der Waals surface area contributed by atoms with Gasteiger partial charge in [0, 0.05) is 5.39 Å². The van der Waals surface area contributed by atoms with E-state index >= 15 is 0 Å². The summed E-state index contributed by atoms with van der Waals surface area (Å²) in [5.41, 5.74) is 9.26. The van der Waals surface area contributed by atoms with Gasteiger partial charge in [-0.3, -0.25) is 0 Å². The van der Waals surface area contributed by atoms with E-state index in [1.807, 2.05) is 38.1 Å². The first-order valence-corrected chi connectivity index (χ1v) is 4.83. The Labute approximate surface area is 88.9 Å². The summed E-state index contributed by atoms with van der Waals surface area (Å²) in [6.07, 6.45) is 0. The molecule has 15 heavy (non-hydrogen) atoms. The maximum atomic E-state index is 9.02. The number of nitrogen functional groups attached to an aromatic ring is 1. The summed E-state index contributed by atoms with van der Waals surface area (Å²) in [4.78, 5) is 0. The van der Waals surface area contributed by atoms with E-state index in [-0.39, 0.29) is 0 Å². The highest BCUT2D eigenvalue weighted by Gasteiger charge is 2.09. The normalized spacial score (nSPS) is 10.2. The minimum Gasteiger partial charge on any atom is -0.397 e. The molecule has 0 spiro atoms. The fraction of sp³-hybridized carbons (Fsp3) is 0.154. The van der Waals surface area contributed by atoms with Crippen LogP contribution >= 0.6 is 0 Å². The lowest BCUT2D eigenvalue weighted by atomic mass is 9.97. The van der Waals surface area contributed by atoms with Crippen molar-refractivity contribution in [1.82, 2.24) is 0 Å². The van der Waals surface area contributed by atoms with Crippen molar-refractivity contribution in [2.75, 3.05) is 5.73 Å². The van der Waals surface area contributed by atoms with Crippen molar-refractivity contribution in [2.45, 2.75) is 13.8 Å². The van der Waals surface area contributed by atoms with Gasteiger partial charge in [0.1, 0.15) is 6.07 Å². The van der Waals surface area contributed by atoms with Crippen LogP contribution in [0.25, 0.3) is 10.8 Å². The van der Waals surface area contributed by atoms with Crippen molar-refractivity contribution in [3.8, 4) is 6.07 Å². The summed E-state index contributed by atoms with van der Waals surface area (Å²) in [6, 6.07) is 10.2. The van der Waals surface area contributed by atoms with E-state index < -0.39 is 0 Å². The van der Waals surface area contributed by atoms with Crippen LogP contribution in [0.15, 0.2) is 24.3 Å². The number of nitriles is 1. The second kappa shape index (κ2) is 3.29. The Kier molecular flexibility index (Phi) is 2.09. The molecule has 0 atom stereocenters. The van der Waals surface area contributed by atoms with E-state index in [0.717, 1.165) is 21.9 Å². The molecule has 0 aliphatic rings. The van der Waals surface area contributed by atoms with Gasteiger partial charge in [-0.15, -0.1) is 0 Å². The van der Waals surface area contributed by atoms with Gasteiger partial charge in [0.05, 0.1) is 11.3 Å². The Morgan fingerprint density at radius 1 is 1.20 bits per heavy atom. The average molecular weight is 196 g/mol. The van der Waals surface area contributed by atoms with Gasteiger partial charge < -0.3 is 5.73 Å². The maximum absolute atomic E-state index is 9.02. The zero-order valence-electron chi connectivity index (χ0n) is 8.83. The highest BCUT2D eigenvalue weighted by Crippen LogP contribution is 2.29. The van der Waals surface area contributed by atoms with E-state index in [1.54, 1.807) is 0 Å². The molecule has 2 rings (SSSR count). The van der Waals surface area contributed by atoms with Crippen molar-refractivity contribution in [3.63, 3.8) is 0 Å². The van der Waals surface area contributed by atoms with Crippen molar-refractivity contribution in [1.29, 1.82) is 5.26 Å². The molecule has 2 aromatic rings. The molecule has 2 heteroatoms. The largest absolute Gasteiger partial charge is 0.397 e. The SMILES string of the molecule is Cc1cc2cccc(C)c2c(N)c1C#N. The quantitative estimate of drug-likeness (QED) is 0.658. The lowest BCUT2D eigenvalue weighted by Gasteiger charge is -2.09. The minimum absolute atomic E-state index is 0.594. The van der Waals surface area contributed by atoms with Crippen LogP contribution in [0.1, 0.15) is 16.7 Å². The number of fused-ring (bicyclic) bond motifs is 1. The molecule has 0 aliphatic carbocycles. The zero-order valence-corrected chi connectivity index (χ0v) is 8.83. The summed E-state index contributed by atoms with van der Waals surface area (Å²) >= 11 is 0. The third-order valence-corrected chi connectivity index (χ3v) is 2.72. The third-order valence-electron chi connectivity index (χ3n) is 2.72. The number of anilines is 1. The number of hydrogen-bond acceptors (Lipinski definition) is 2. The molecular weight excluding hydrogens is 184 g/mol. The highest BCUT2D eigenvalue weighted by molar-refractivity contribution is 5.98. The van der Waals surface area contributed by atoms with Crippen LogP contribution in [0.3, 0.4) is 0 Å². The van der Waals surface area contributed by atoms with Gasteiger partial charge in [0.2, 0.25) is 0 Å². The topological polar surface area (TPSA) is 49.8 Å². The van der Waals surface area contributed by atoms with Crippen LogP contribution in [-0.2, 0) is 0 Å². The monoisotopic (exact) mass is 196 g/mol. The lowest BCUT2D eigenvalue weighted by Crippen LogP contribution is -1.96. The van der Waals surface area contributed by atoms with Crippen LogP contribution in [0.4, 0.5) is 5.69 Å². The van der Waals surface area contributed by atoms with Gasteiger partial charge in [-0.1, -0.05) is 18.2 Å². The molecule has 2 aromatic carbocycles. The predicted octanol–water partition coefficient (Wildman–Crippen LogP) is 2.91. The van der Waals surface area contributed by atoms with E-state index in [4.69, 9.17) is 11.0 Å². The molecule has 74 valence electrons. The number of benzene rings is 2. The molecule has 0 aliphatic heterocycles. The van der Waals surface area contributed by atoms with Crippen molar-refractivity contribution in [2.24, 2.45) is 0 Å². The summed E-state index contributed by atoms with van der Waals surface area (Å²) < 4.78 is 0. The molecule has 0 radical (unpaired) electrons. The number of aryl methyl sites for hydroxylation is 2. The number of hydrogen-bond donors (Lipinski definition) is 1. The van der Waals surface area contributed by atoms with Crippen molar-refractivity contribution < 1.29 is 0 Å². The van der Waals surface area contributed by atoms with Crippen LogP contribution in [-0.4, -0.2) is 0 Å². The summed E-state index contributed by atoms with van der Waals surface area (Å²) in [7, 11) is 0. The fourth-order valence-electron chi connectivity index (χ4n) is 1.97. The summed E-state index contributed by atoms with van der Waals surface area (Å²) in [5.74, 6) is 0. The van der Waals surface area contributed by atoms with E-state index in [0.29, 0.717) is 11.3 Å². The lowest BCUT2D eigenvalue weighted by molar-refractivity contribution is 1.41. The Hall–Kier alpha value is -2.01. The Bertz CT molecular complexity index is 577. The average Bonchev–Trinajstić information content (AvgIpc) is 2.17. The first kappa shape index (κ1) is 9.54. The van der Waals surface area contributed by atoms with Crippen LogP contribution in [0.2, 0.25) is 0 Å². The van der Waals surface area contributed by atoms with Gasteiger partial charge in [0.15, 0.2) is 0 Å². The number of nitrogens with two attached hydrogens (primary N) is 1. The molecule has 0 bridgehead atoms. The molecule has 2 N–H and O–H groups in total. The first-order chi connectivity index (χ1) is 7.15. The van der Waals surface area contributed by atoms with E-state index in [9.17, 15) is 0 Å². The van der Waals surface area contributed by atoms with Crippen LogP contribution in [0.5, 0.6) is 0 Å². The zero-order chi connectivity index (χ0) is 11.0.